The second-order valence-corrected chi connectivity index (χ2v) is 11.8. The van der Waals surface area contributed by atoms with Crippen molar-refractivity contribution in [2.24, 2.45) is 57.2 Å². The van der Waals surface area contributed by atoms with E-state index in [0.717, 1.165) is 48.6 Å². The van der Waals surface area contributed by atoms with Gasteiger partial charge in [0.2, 0.25) is 0 Å². The smallest absolute Gasteiger partial charge is 0.332 e. The first-order chi connectivity index (χ1) is 15.2. The SMILES string of the molecule is COC(=O)CC[C@H](C)[C@H]1CC[C@@H]2[C@H]3CC[C@@H]4CC(=NNC(N)=O)CC[C@]4(C)[C@H]3CC[C@@]21C. The molecule has 2 amide bonds. The van der Waals surface area contributed by atoms with Crippen LogP contribution in [0.4, 0.5) is 4.79 Å². The van der Waals surface area contributed by atoms with Crippen LogP contribution >= 0.6 is 0 Å². The Kier molecular flexibility index (Phi) is 6.61. The van der Waals surface area contributed by atoms with Crippen LogP contribution in [0.5, 0.6) is 0 Å². The molecule has 0 aliphatic heterocycles. The minimum absolute atomic E-state index is 0.0715. The summed E-state index contributed by atoms with van der Waals surface area (Å²) in [5, 5.41) is 4.30. The lowest BCUT2D eigenvalue weighted by Crippen LogP contribution is -2.54. The zero-order chi connectivity index (χ0) is 23.1. The quantitative estimate of drug-likeness (QED) is 0.446. The highest BCUT2D eigenvalue weighted by atomic mass is 16.5. The lowest BCUT2D eigenvalue weighted by atomic mass is 9.44. The average Bonchev–Trinajstić information content (AvgIpc) is 3.12. The van der Waals surface area contributed by atoms with E-state index in [4.69, 9.17) is 10.5 Å². The van der Waals surface area contributed by atoms with E-state index in [9.17, 15) is 9.59 Å². The number of amides is 2. The summed E-state index contributed by atoms with van der Waals surface area (Å²) in [6.45, 7) is 7.50. The van der Waals surface area contributed by atoms with Gasteiger partial charge in [0, 0.05) is 12.1 Å². The first kappa shape index (κ1) is 23.6. The number of methoxy groups -OCH3 is 1. The molecule has 4 fully saturated rings. The summed E-state index contributed by atoms with van der Waals surface area (Å²) in [6.07, 6.45) is 12.7. The van der Waals surface area contributed by atoms with Crippen molar-refractivity contribution in [3.8, 4) is 0 Å². The number of urea groups is 1. The Bertz CT molecular complexity index is 767. The Balaban J connectivity index is 1.45. The van der Waals surface area contributed by atoms with Crippen LogP contribution in [0.1, 0.15) is 91.4 Å². The number of ether oxygens (including phenoxy) is 1. The van der Waals surface area contributed by atoms with E-state index in [1.54, 1.807) is 0 Å². The maximum atomic E-state index is 11.7. The van der Waals surface area contributed by atoms with Gasteiger partial charge in [-0.2, -0.15) is 5.10 Å². The number of fused-ring (bicyclic) bond motifs is 5. The Morgan fingerprint density at radius 2 is 1.88 bits per heavy atom. The zero-order valence-electron chi connectivity index (χ0n) is 20.5. The van der Waals surface area contributed by atoms with Crippen LogP contribution < -0.4 is 11.2 Å². The number of carbonyl (C=O) groups is 2. The molecule has 4 rings (SSSR count). The monoisotopic (exact) mass is 445 g/mol. The fourth-order valence-corrected chi connectivity index (χ4v) is 8.92. The van der Waals surface area contributed by atoms with Crippen molar-refractivity contribution in [1.29, 1.82) is 0 Å². The second kappa shape index (κ2) is 8.98. The number of rotatable bonds is 5. The molecule has 32 heavy (non-hydrogen) atoms. The van der Waals surface area contributed by atoms with Gasteiger partial charge in [-0.15, -0.1) is 0 Å². The molecule has 4 aliphatic carbocycles. The Labute approximate surface area is 193 Å². The average molecular weight is 446 g/mol. The number of esters is 1. The molecule has 180 valence electrons. The minimum Gasteiger partial charge on any atom is -0.469 e. The highest BCUT2D eigenvalue weighted by molar-refractivity contribution is 5.87. The molecule has 0 spiro atoms. The minimum atomic E-state index is -0.572. The van der Waals surface area contributed by atoms with E-state index in [1.165, 1.54) is 52.1 Å². The predicted molar refractivity (Wildman–Crippen MR) is 126 cm³/mol. The maximum Gasteiger partial charge on any atom is 0.332 e. The third-order valence-electron chi connectivity index (χ3n) is 10.6. The lowest BCUT2D eigenvalue weighted by molar-refractivity contribution is -0.141. The van der Waals surface area contributed by atoms with E-state index >= 15 is 0 Å². The molecule has 3 N–H and O–H groups in total. The summed E-state index contributed by atoms with van der Waals surface area (Å²) in [4.78, 5) is 22.7. The fraction of sp³-hybridized carbons (Fsp3) is 0.885. The largest absolute Gasteiger partial charge is 0.469 e. The van der Waals surface area contributed by atoms with E-state index in [2.05, 4.69) is 31.3 Å². The molecule has 0 aromatic rings. The van der Waals surface area contributed by atoms with Gasteiger partial charge in [0.05, 0.1) is 7.11 Å². The topological polar surface area (TPSA) is 93.8 Å². The first-order valence-corrected chi connectivity index (χ1v) is 12.9. The van der Waals surface area contributed by atoms with Crippen LogP contribution in [0, 0.1) is 46.3 Å². The number of nitrogens with zero attached hydrogens (tertiary/aromatic N) is 1. The molecule has 6 heteroatoms. The van der Waals surface area contributed by atoms with Crippen LogP contribution in [-0.4, -0.2) is 24.8 Å². The molecule has 8 atom stereocenters. The summed E-state index contributed by atoms with van der Waals surface area (Å²) in [5.74, 6) is 4.40. The number of nitrogens with one attached hydrogen (secondary N) is 1. The lowest BCUT2D eigenvalue weighted by Gasteiger charge is -2.60. The number of primary amides is 1. The van der Waals surface area contributed by atoms with Gasteiger partial charge in [-0.1, -0.05) is 20.8 Å². The van der Waals surface area contributed by atoms with Gasteiger partial charge in [-0.05, 0) is 111 Å². The summed E-state index contributed by atoms with van der Waals surface area (Å²) >= 11 is 0. The number of nitrogens with two attached hydrogens (primary N) is 1. The van der Waals surface area contributed by atoms with Crippen molar-refractivity contribution < 1.29 is 14.3 Å². The third kappa shape index (κ3) is 4.07. The van der Waals surface area contributed by atoms with Gasteiger partial charge in [-0.25, -0.2) is 10.2 Å². The van der Waals surface area contributed by atoms with Crippen LogP contribution in [-0.2, 0) is 9.53 Å². The summed E-state index contributed by atoms with van der Waals surface area (Å²) in [7, 11) is 1.49. The Hall–Kier alpha value is -1.59. The Morgan fingerprint density at radius 1 is 1.12 bits per heavy atom. The number of hydrazone groups is 1. The number of hydrogen-bond acceptors (Lipinski definition) is 4. The molecule has 0 bridgehead atoms. The molecule has 0 aromatic carbocycles. The maximum absolute atomic E-state index is 11.7. The number of hydrogen-bond donors (Lipinski definition) is 2. The molecule has 4 saturated carbocycles. The van der Waals surface area contributed by atoms with Crippen molar-refractivity contribution in [3.63, 3.8) is 0 Å². The Morgan fingerprint density at radius 3 is 2.59 bits per heavy atom. The number of carbonyl (C=O) groups excluding carboxylic acids is 2. The van der Waals surface area contributed by atoms with Crippen LogP contribution in [0.3, 0.4) is 0 Å². The van der Waals surface area contributed by atoms with E-state index in [0.29, 0.717) is 29.1 Å². The van der Waals surface area contributed by atoms with E-state index < -0.39 is 6.03 Å². The highest BCUT2D eigenvalue weighted by Gasteiger charge is 2.60. The molecule has 0 radical (unpaired) electrons. The van der Waals surface area contributed by atoms with E-state index in [1.807, 2.05) is 0 Å². The van der Waals surface area contributed by atoms with Crippen molar-refractivity contribution in [1.82, 2.24) is 5.43 Å². The van der Waals surface area contributed by atoms with Crippen molar-refractivity contribution in [2.45, 2.75) is 91.4 Å². The molecule has 4 aliphatic rings. The predicted octanol–water partition coefficient (Wildman–Crippen LogP) is 5.26. The van der Waals surface area contributed by atoms with E-state index in [-0.39, 0.29) is 5.97 Å². The fourth-order valence-electron chi connectivity index (χ4n) is 8.92. The van der Waals surface area contributed by atoms with Gasteiger partial charge in [0.1, 0.15) is 0 Å². The normalized spacial score (nSPS) is 43.0. The molecule has 0 unspecified atom stereocenters. The molecular formula is C26H43N3O3. The summed E-state index contributed by atoms with van der Waals surface area (Å²) in [6, 6.07) is -0.572. The molecule has 0 heterocycles. The third-order valence-corrected chi connectivity index (χ3v) is 10.6. The van der Waals surface area contributed by atoms with Crippen molar-refractivity contribution >= 4 is 17.7 Å². The zero-order valence-corrected chi connectivity index (χ0v) is 20.5. The van der Waals surface area contributed by atoms with Gasteiger partial charge in [0.25, 0.3) is 0 Å². The van der Waals surface area contributed by atoms with Crippen molar-refractivity contribution in [2.75, 3.05) is 7.11 Å². The van der Waals surface area contributed by atoms with Gasteiger partial charge < -0.3 is 10.5 Å². The summed E-state index contributed by atoms with van der Waals surface area (Å²) in [5.41, 5.74) is 9.59. The first-order valence-electron chi connectivity index (χ1n) is 12.9. The standard InChI is InChI=1S/C26H43N3O3/c1-16(5-10-23(30)32-4)20-8-9-21-19-7-6-17-15-18(28-29-24(27)31)11-13-25(17,2)22(19)12-14-26(20,21)3/h16-17,19-22H,5-15H2,1-4H3,(H3,27,29,31)/t16-,17+,19+,20+,21+,22-,25-,26+/m0/s1. The highest BCUT2D eigenvalue weighted by Crippen LogP contribution is 2.68. The van der Waals surface area contributed by atoms with Crippen LogP contribution in [0.25, 0.3) is 0 Å². The van der Waals surface area contributed by atoms with Crippen LogP contribution in [0.15, 0.2) is 5.10 Å². The van der Waals surface area contributed by atoms with Gasteiger partial charge >= 0.3 is 12.0 Å². The molecule has 0 saturated heterocycles. The molecule has 6 nitrogen and oxygen atoms in total. The molecular weight excluding hydrogens is 402 g/mol. The van der Waals surface area contributed by atoms with Crippen molar-refractivity contribution in [3.05, 3.63) is 0 Å². The summed E-state index contributed by atoms with van der Waals surface area (Å²) < 4.78 is 4.89. The molecule has 0 aromatic heterocycles. The van der Waals surface area contributed by atoms with Gasteiger partial charge in [-0.3, -0.25) is 4.79 Å². The van der Waals surface area contributed by atoms with Crippen LogP contribution in [0.2, 0.25) is 0 Å². The second-order valence-electron chi connectivity index (χ2n) is 11.8. The van der Waals surface area contributed by atoms with Gasteiger partial charge in [0.15, 0.2) is 0 Å².